The topological polar surface area (TPSA) is 81.4 Å². The number of nitrogens with one attached hydrogen (secondary N) is 1. The minimum atomic E-state index is -1.10. The first-order valence-electron chi connectivity index (χ1n) is 6.24. The van der Waals surface area contributed by atoms with E-state index >= 15 is 0 Å². The number of amides is 3. The molecule has 3 N–H and O–H groups in total. The van der Waals surface area contributed by atoms with E-state index in [1.165, 1.54) is 18.2 Å². The molecular weight excluding hydrogens is 355 g/mol. The molecule has 0 unspecified atom stereocenters. The van der Waals surface area contributed by atoms with Gasteiger partial charge in [0.15, 0.2) is 0 Å². The van der Waals surface area contributed by atoms with Gasteiger partial charge in [-0.2, -0.15) is 0 Å². The smallest absolute Gasteiger partial charge is 0.318 e. The summed E-state index contributed by atoms with van der Waals surface area (Å²) in [5.74, 6) is -0.901. The number of ether oxygens (including phenoxy) is 1. The standard InChI is InChI=1S/C15H12BrFN2O3/c16-11-8-10(17)6-7-12(11)22-13(14(20)19-15(18)21)9-4-2-1-3-5-9/h1-8,13H,(H3,18,19,20,21)/t13-/m1/s1. The van der Waals surface area contributed by atoms with Crippen molar-refractivity contribution in [1.29, 1.82) is 0 Å². The van der Waals surface area contributed by atoms with Gasteiger partial charge in [-0.3, -0.25) is 10.1 Å². The highest BCUT2D eigenvalue weighted by molar-refractivity contribution is 9.10. The van der Waals surface area contributed by atoms with Crippen LogP contribution in [0, 0.1) is 5.82 Å². The van der Waals surface area contributed by atoms with E-state index in [1.54, 1.807) is 30.3 Å². The summed E-state index contributed by atoms with van der Waals surface area (Å²) in [4.78, 5) is 23.0. The van der Waals surface area contributed by atoms with Crippen LogP contribution in [0.1, 0.15) is 11.7 Å². The van der Waals surface area contributed by atoms with Crippen molar-refractivity contribution in [2.45, 2.75) is 6.10 Å². The van der Waals surface area contributed by atoms with Crippen LogP contribution in [0.15, 0.2) is 53.0 Å². The van der Waals surface area contributed by atoms with Crippen LogP contribution in [0.4, 0.5) is 9.18 Å². The van der Waals surface area contributed by atoms with Crippen molar-refractivity contribution in [3.63, 3.8) is 0 Å². The Hall–Kier alpha value is -2.41. The monoisotopic (exact) mass is 366 g/mol. The van der Waals surface area contributed by atoms with Crippen molar-refractivity contribution in [1.82, 2.24) is 5.32 Å². The Morgan fingerprint density at radius 3 is 2.45 bits per heavy atom. The molecule has 0 radical (unpaired) electrons. The molecule has 0 aliphatic carbocycles. The third-order valence-electron chi connectivity index (χ3n) is 2.73. The second-order valence-corrected chi connectivity index (χ2v) is 5.19. The summed E-state index contributed by atoms with van der Waals surface area (Å²) in [5.41, 5.74) is 5.49. The zero-order valence-electron chi connectivity index (χ0n) is 11.3. The van der Waals surface area contributed by atoms with Crippen molar-refractivity contribution >= 4 is 27.9 Å². The summed E-state index contributed by atoms with van der Waals surface area (Å²) in [6.07, 6.45) is -1.10. The van der Waals surface area contributed by atoms with Gasteiger partial charge in [0.2, 0.25) is 6.10 Å². The predicted molar refractivity (Wildman–Crippen MR) is 81.6 cm³/mol. The van der Waals surface area contributed by atoms with Crippen LogP contribution in [0.5, 0.6) is 5.75 Å². The van der Waals surface area contributed by atoms with Crippen LogP contribution in [0.2, 0.25) is 0 Å². The average Bonchev–Trinajstić information content (AvgIpc) is 2.46. The summed E-state index contributed by atoms with van der Waals surface area (Å²) >= 11 is 3.16. The number of imide groups is 1. The maximum Gasteiger partial charge on any atom is 0.318 e. The molecule has 22 heavy (non-hydrogen) atoms. The van der Waals surface area contributed by atoms with Gasteiger partial charge in [-0.1, -0.05) is 30.3 Å². The molecule has 1 atom stereocenters. The molecule has 2 aromatic rings. The Morgan fingerprint density at radius 1 is 1.18 bits per heavy atom. The molecule has 0 aliphatic heterocycles. The van der Waals surface area contributed by atoms with Gasteiger partial charge in [0.25, 0.3) is 5.91 Å². The first-order valence-corrected chi connectivity index (χ1v) is 7.03. The number of hydrogen-bond acceptors (Lipinski definition) is 3. The van der Waals surface area contributed by atoms with Gasteiger partial charge < -0.3 is 10.5 Å². The van der Waals surface area contributed by atoms with Crippen molar-refractivity contribution in [2.24, 2.45) is 5.73 Å². The summed E-state index contributed by atoms with van der Waals surface area (Å²) in [6.45, 7) is 0. The van der Waals surface area contributed by atoms with Gasteiger partial charge in [0.1, 0.15) is 11.6 Å². The number of carbonyl (C=O) groups excluding carboxylic acids is 2. The molecule has 0 fully saturated rings. The molecule has 0 spiro atoms. The molecule has 5 nitrogen and oxygen atoms in total. The molecule has 0 saturated heterocycles. The van der Waals surface area contributed by atoms with Crippen LogP contribution in [0.25, 0.3) is 0 Å². The van der Waals surface area contributed by atoms with E-state index in [4.69, 9.17) is 10.5 Å². The fourth-order valence-electron chi connectivity index (χ4n) is 1.79. The van der Waals surface area contributed by atoms with E-state index in [9.17, 15) is 14.0 Å². The van der Waals surface area contributed by atoms with Crippen LogP contribution >= 0.6 is 15.9 Å². The van der Waals surface area contributed by atoms with E-state index in [-0.39, 0.29) is 5.75 Å². The maximum atomic E-state index is 13.1. The molecule has 2 rings (SSSR count). The SMILES string of the molecule is NC(=O)NC(=O)[C@H](Oc1ccc(F)cc1Br)c1ccccc1. The zero-order valence-corrected chi connectivity index (χ0v) is 12.8. The van der Waals surface area contributed by atoms with Gasteiger partial charge >= 0.3 is 6.03 Å². The number of primary amides is 1. The largest absolute Gasteiger partial charge is 0.475 e. The van der Waals surface area contributed by atoms with Crippen molar-refractivity contribution in [3.05, 3.63) is 64.4 Å². The third-order valence-corrected chi connectivity index (χ3v) is 3.35. The number of rotatable bonds is 4. The lowest BCUT2D eigenvalue weighted by Gasteiger charge is -2.19. The van der Waals surface area contributed by atoms with Gasteiger partial charge in [-0.25, -0.2) is 9.18 Å². The van der Waals surface area contributed by atoms with Gasteiger partial charge in [-0.05, 0) is 34.1 Å². The molecule has 0 aromatic heterocycles. The van der Waals surface area contributed by atoms with Gasteiger partial charge in [0, 0.05) is 5.56 Å². The minimum absolute atomic E-state index is 0.259. The van der Waals surface area contributed by atoms with E-state index < -0.39 is 23.9 Å². The number of carbonyl (C=O) groups is 2. The lowest BCUT2D eigenvalue weighted by Crippen LogP contribution is -2.40. The lowest BCUT2D eigenvalue weighted by molar-refractivity contribution is -0.127. The molecule has 0 bridgehead atoms. The Bertz CT molecular complexity index is 694. The highest BCUT2D eigenvalue weighted by Crippen LogP contribution is 2.30. The van der Waals surface area contributed by atoms with Crippen molar-refractivity contribution in [3.8, 4) is 5.75 Å². The minimum Gasteiger partial charge on any atom is -0.475 e. The Balaban J connectivity index is 2.32. The molecule has 114 valence electrons. The molecule has 3 amide bonds. The zero-order chi connectivity index (χ0) is 16.1. The fraction of sp³-hybridized carbons (Fsp3) is 0.0667. The Labute approximate surface area is 134 Å². The number of halogens is 2. The molecule has 0 aliphatic rings. The molecule has 2 aromatic carbocycles. The maximum absolute atomic E-state index is 13.1. The number of hydrogen-bond donors (Lipinski definition) is 2. The average molecular weight is 367 g/mol. The third kappa shape index (κ3) is 4.05. The quantitative estimate of drug-likeness (QED) is 0.872. The van der Waals surface area contributed by atoms with Crippen LogP contribution in [-0.4, -0.2) is 11.9 Å². The van der Waals surface area contributed by atoms with Crippen LogP contribution in [-0.2, 0) is 4.79 Å². The summed E-state index contributed by atoms with van der Waals surface area (Å²) in [7, 11) is 0. The lowest BCUT2D eigenvalue weighted by atomic mass is 10.1. The molecular formula is C15H12BrFN2O3. The normalized spacial score (nSPS) is 11.5. The second-order valence-electron chi connectivity index (χ2n) is 4.34. The molecule has 7 heteroatoms. The number of urea groups is 1. The van der Waals surface area contributed by atoms with Gasteiger partial charge in [0.05, 0.1) is 4.47 Å². The van der Waals surface area contributed by atoms with Gasteiger partial charge in [-0.15, -0.1) is 0 Å². The summed E-state index contributed by atoms with van der Waals surface area (Å²) in [5, 5.41) is 1.98. The second kappa shape index (κ2) is 7.04. The Kier molecular flexibility index (Phi) is 5.11. The van der Waals surface area contributed by atoms with E-state index in [0.717, 1.165) is 0 Å². The van der Waals surface area contributed by atoms with Crippen LogP contribution < -0.4 is 15.8 Å². The summed E-state index contributed by atoms with van der Waals surface area (Å²) < 4.78 is 19.1. The first-order chi connectivity index (χ1) is 10.5. The molecule has 0 heterocycles. The first kappa shape index (κ1) is 16.0. The van der Waals surface area contributed by atoms with E-state index in [2.05, 4.69) is 15.9 Å². The highest BCUT2D eigenvalue weighted by atomic mass is 79.9. The van der Waals surface area contributed by atoms with Crippen molar-refractivity contribution in [2.75, 3.05) is 0 Å². The van der Waals surface area contributed by atoms with Crippen molar-refractivity contribution < 1.29 is 18.7 Å². The Morgan fingerprint density at radius 2 is 1.86 bits per heavy atom. The van der Waals surface area contributed by atoms with E-state index in [1.807, 2.05) is 5.32 Å². The predicted octanol–water partition coefficient (Wildman–Crippen LogP) is 2.90. The molecule has 0 saturated carbocycles. The number of benzene rings is 2. The summed E-state index contributed by atoms with van der Waals surface area (Å²) in [6, 6.07) is 11.4. The fourth-order valence-corrected chi connectivity index (χ4v) is 2.23. The van der Waals surface area contributed by atoms with Crippen LogP contribution in [0.3, 0.4) is 0 Å². The van der Waals surface area contributed by atoms with E-state index in [0.29, 0.717) is 10.0 Å². The highest BCUT2D eigenvalue weighted by Gasteiger charge is 2.24. The number of nitrogens with two attached hydrogens (primary N) is 1.